The smallest absolute Gasteiger partial charge is 0.0948 e. The van der Waals surface area contributed by atoms with Gasteiger partial charge in [0.2, 0.25) is 0 Å². The molecule has 0 radical (unpaired) electrons. The summed E-state index contributed by atoms with van der Waals surface area (Å²) >= 11 is 0. The van der Waals surface area contributed by atoms with E-state index < -0.39 is 0 Å². The molecule has 0 saturated carbocycles. The predicted octanol–water partition coefficient (Wildman–Crippen LogP) is 1.59. The standard InChI is InChI=1S/C11H19N3/c1-3-14-9-12-8-10(14)7-11(2)5-4-6-13-11/h8-9,13H,3-7H2,1-2H3. The van der Waals surface area contributed by atoms with Crippen molar-refractivity contribution in [1.82, 2.24) is 14.9 Å². The molecule has 14 heavy (non-hydrogen) atoms. The molecule has 1 unspecified atom stereocenters. The first-order valence-corrected chi connectivity index (χ1v) is 5.47. The Kier molecular flexibility index (Phi) is 2.59. The number of hydrogen-bond donors (Lipinski definition) is 1. The van der Waals surface area contributed by atoms with E-state index in [1.54, 1.807) is 0 Å². The monoisotopic (exact) mass is 193 g/mol. The zero-order valence-electron chi connectivity index (χ0n) is 9.08. The van der Waals surface area contributed by atoms with Crippen LogP contribution in [0.1, 0.15) is 32.4 Å². The first-order chi connectivity index (χ1) is 6.73. The van der Waals surface area contributed by atoms with E-state index >= 15 is 0 Å². The zero-order valence-corrected chi connectivity index (χ0v) is 9.08. The van der Waals surface area contributed by atoms with E-state index in [4.69, 9.17) is 0 Å². The molecule has 0 amide bonds. The molecule has 1 saturated heterocycles. The van der Waals surface area contributed by atoms with Gasteiger partial charge in [-0.2, -0.15) is 0 Å². The van der Waals surface area contributed by atoms with E-state index in [1.165, 1.54) is 18.5 Å². The minimum Gasteiger partial charge on any atom is -0.335 e. The number of hydrogen-bond acceptors (Lipinski definition) is 2. The first kappa shape index (κ1) is 9.71. The molecule has 0 spiro atoms. The van der Waals surface area contributed by atoms with Crippen molar-refractivity contribution in [2.45, 2.75) is 45.2 Å². The Bertz CT molecular complexity index is 297. The maximum atomic E-state index is 4.20. The Morgan fingerprint density at radius 1 is 1.64 bits per heavy atom. The predicted molar refractivity (Wildman–Crippen MR) is 57.2 cm³/mol. The van der Waals surface area contributed by atoms with Gasteiger partial charge in [0, 0.05) is 30.4 Å². The topological polar surface area (TPSA) is 29.9 Å². The fraction of sp³-hybridized carbons (Fsp3) is 0.727. The van der Waals surface area contributed by atoms with Gasteiger partial charge in [-0.3, -0.25) is 0 Å². The van der Waals surface area contributed by atoms with Gasteiger partial charge in [0.25, 0.3) is 0 Å². The first-order valence-electron chi connectivity index (χ1n) is 5.47. The Balaban J connectivity index is 2.09. The van der Waals surface area contributed by atoms with E-state index in [9.17, 15) is 0 Å². The highest BCUT2D eigenvalue weighted by Crippen LogP contribution is 2.23. The maximum Gasteiger partial charge on any atom is 0.0948 e. The van der Waals surface area contributed by atoms with Gasteiger partial charge in [-0.1, -0.05) is 0 Å². The second-order valence-corrected chi connectivity index (χ2v) is 4.44. The molecule has 2 rings (SSSR count). The van der Waals surface area contributed by atoms with Crippen LogP contribution < -0.4 is 5.32 Å². The molecule has 1 aromatic rings. The molecule has 3 nitrogen and oxygen atoms in total. The molecule has 3 heteroatoms. The van der Waals surface area contributed by atoms with Gasteiger partial charge in [0.1, 0.15) is 0 Å². The highest BCUT2D eigenvalue weighted by atomic mass is 15.1. The van der Waals surface area contributed by atoms with Gasteiger partial charge >= 0.3 is 0 Å². The zero-order chi connectivity index (χ0) is 10.0. The quantitative estimate of drug-likeness (QED) is 0.790. The minimum atomic E-state index is 0.299. The lowest BCUT2D eigenvalue weighted by Crippen LogP contribution is -2.38. The van der Waals surface area contributed by atoms with Crippen LogP contribution >= 0.6 is 0 Å². The van der Waals surface area contributed by atoms with Gasteiger partial charge in [-0.15, -0.1) is 0 Å². The van der Waals surface area contributed by atoms with Gasteiger partial charge in [0.05, 0.1) is 6.33 Å². The summed E-state index contributed by atoms with van der Waals surface area (Å²) < 4.78 is 2.23. The Morgan fingerprint density at radius 3 is 3.14 bits per heavy atom. The van der Waals surface area contributed by atoms with Crippen molar-refractivity contribution >= 4 is 0 Å². The highest BCUT2D eigenvalue weighted by molar-refractivity contribution is 5.06. The lowest BCUT2D eigenvalue weighted by atomic mass is 9.94. The molecule has 2 heterocycles. The van der Waals surface area contributed by atoms with Crippen LogP contribution in [0.3, 0.4) is 0 Å². The number of nitrogens with one attached hydrogen (secondary N) is 1. The van der Waals surface area contributed by atoms with Crippen LogP contribution in [-0.2, 0) is 13.0 Å². The van der Waals surface area contributed by atoms with E-state index in [1.807, 2.05) is 12.5 Å². The molecule has 0 bridgehead atoms. The Hall–Kier alpha value is -0.830. The van der Waals surface area contributed by atoms with E-state index in [0.717, 1.165) is 19.5 Å². The summed E-state index contributed by atoms with van der Waals surface area (Å²) in [6.07, 6.45) is 7.60. The molecule has 1 atom stereocenters. The summed E-state index contributed by atoms with van der Waals surface area (Å²) in [5, 5.41) is 3.58. The number of imidazole rings is 1. The highest BCUT2D eigenvalue weighted by Gasteiger charge is 2.28. The molecule has 0 aromatic carbocycles. The van der Waals surface area contributed by atoms with Gasteiger partial charge < -0.3 is 9.88 Å². The summed E-state index contributed by atoms with van der Waals surface area (Å²) in [4.78, 5) is 4.20. The second kappa shape index (κ2) is 3.73. The summed E-state index contributed by atoms with van der Waals surface area (Å²) in [5.41, 5.74) is 1.65. The Labute approximate surface area is 85.5 Å². The molecular weight excluding hydrogens is 174 g/mol. The van der Waals surface area contributed by atoms with Crippen molar-refractivity contribution in [1.29, 1.82) is 0 Å². The van der Waals surface area contributed by atoms with Crippen molar-refractivity contribution in [3.63, 3.8) is 0 Å². The average molecular weight is 193 g/mol. The minimum absolute atomic E-state index is 0.299. The van der Waals surface area contributed by atoms with Crippen molar-refractivity contribution < 1.29 is 0 Å². The molecule has 1 aliphatic heterocycles. The van der Waals surface area contributed by atoms with Crippen LogP contribution in [0, 0.1) is 0 Å². The summed E-state index contributed by atoms with van der Waals surface area (Å²) in [7, 11) is 0. The fourth-order valence-electron chi connectivity index (χ4n) is 2.29. The number of nitrogens with zero attached hydrogens (tertiary/aromatic N) is 2. The molecule has 1 aromatic heterocycles. The van der Waals surface area contributed by atoms with Gasteiger partial charge in [-0.25, -0.2) is 4.98 Å². The molecule has 0 aliphatic carbocycles. The fourth-order valence-corrected chi connectivity index (χ4v) is 2.29. The van der Waals surface area contributed by atoms with E-state index in [0.29, 0.717) is 5.54 Å². The average Bonchev–Trinajstić information content (AvgIpc) is 2.75. The number of rotatable bonds is 3. The SMILES string of the molecule is CCn1cncc1CC1(C)CCCN1. The van der Waals surface area contributed by atoms with Crippen LogP contribution in [0.4, 0.5) is 0 Å². The lowest BCUT2D eigenvalue weighted by Gasteiger charge is -2.24. The van der Waals surface area contributed by atoms with Crippen molar-refractivity contribution in [2.24, 2.45) is 0 Å². The van der Waals surface area contributed by atoms with Gasteiger partial charge in [-0.05, 0) is 33.2 Å². The summed E-state index contributed by atoms with van der Waals surface area (Å²) in [6.45, 7) is 6.66. The summed E-state index contributed by atoms with van der Waals surface area (Å²) in [6, 6.07) is 0. The molecule has 1 N–H and O–H groups in total. The van der Waals surface area contributed by atoms with Crippen molar-refractivity contribution in [2.75, 3.05) is 6.54 Å². The lowest BCUT2D eigenvalue weighted by molar-refractivity contribution is 0.402. The third-order valence-corrected chi connectivity index (χ3v) is 3.17. The van der Waals surface area contributed by atoms with Crippen LogP contribution in [0.5, 0.6) is 0 Å². The normalized spacial score (nSPS) is 27.0. The van der Waals surface area contributed by atoms with Crippen LogP contribution in [0.25, 0.3) is 0 Å². The molecule has 78 valence electrons. The molecule has 1 fully saturated rings. The van der Waals surface area contributed by atoms with Crippen LogP contribution in [-0.4, -0.2) is 21.6 Å². The van der Waals surface area contributed by atoms with Crippen molar-refractivity contribution in [3.05, 3.63) is 18.2 Å². The second-order valence-electron chi connectivity index (χ2n) is 4.44. The van der Waals surface area contributed by atoms with Crippen molar-refractivity contribution in [3.8, 4) is 0 Å². The van der Waals surface area contributed by atoms with E-state index in [-0.39, 0.29) is 0 Å². The molecular formula is C11H19N3. The van der Waals surface area contributed by atoms with E-state index in [2.05, 4.69) is 28.7 Å². The summed E-state index contributed by atoms with van der Waals surface area (Å²) in [5.74, 6) is 0. The Morgan fingerprint density at radius 2 is 2.50 bits per heavy atom. The maximum absolute atomic E-state index is 4.20. The third kappa shape index (κ3) is 1.82. The third-order valence-electron chi connectivity index (χ3n) is 3.17. The van der Waals surface area contributed by atoms with Crippen LogP contribution in [0.2, 0.25) is 0 Å². The molecule has 1 aliphatic rings. The van der Waals surface area contributed by atoms with Gasteiger partial charge in [0.15, 0.2) is 0 Å². The largest absolute Gasteiger partial charge is 0.335 e. The van der Waals surface area contributed by atoms with Crippen LogP contribution in [0.15, 0.2) is 12.5 Å². The number of aromatic nitrogens is 2. The number of aryl methyl sites for hydroxylation is 1.